The number of carbonyl (C=O) groups is 1. The molecule has 2 aromatic heterocycles. The first-order chi connectivity index (χ1) is 15.9. The zero-order chi connectivity index (χ0) is 23.1. The predicted molar refractivity (Wildman–Crippen MR) is 136 cm³/mol. The van der Waals surface area contributed by atoms with Gasteiger partial charge in [0.2, 0.25) is 5.91 Å². The van der Waals surface area contributed by atoms with Crippen LogP contribution in [0.1, 0.15) is 99.6 Å². The van der Waals surface area contributed by atoms with Crippen LogP contribution < -0.4 is 0 Å². The zero-order valence-corrected chi connectivity index (χ0v) is 20.6. The van der Waals surface area contributed by atoms with Gasteiger partial charge in [0.15, 0.2) is 0 Å². The van der Waals surface area contributed by atoms with Crippen molar-refractivity contribution in [2.45, 2.75) is 84.0 Å². The molecule has 3 aromatic rings. The van der Waals surface area contributed by atoms with Crippen molar-refractivity contribution < 1.29 is 4.79 Å². The molecule has 1 amide bonds. The molecule has 33 heavy (non-hydrogen) atoms. The van der Waals surface area contributed by atoms with Gasteiger partial charge >= 0.3 is 0 Å². The molecule has 5 rings (SSSR count). The third kappa shape index (κ3) is 4.45. The summed E-state index contributed by atoms with van der Waals surface area (Å²) in [6.45, 7) is 10.6. The van der Waals surface area contributed by atoms with Gasteiger partial charge in [0, 0.05) is 53.3 Å². The van der Waals surface area contributed by atoms with Gasteiger partial charge in [-0.1, -0.05) is 26.8 Å². The van der Waals surface area contributed by atoms with Crippen LogP contribution >= 0.6 is 0 Å². The molecule has 2 fully saturated rings. The van der Waals surface area contributed by atoms with Crippen molar-refractivity contribution in [3.63, 3.8) is 0 Å². The number of carbonyl (C=O) groups excluding carboxylic acids is 1. The molecular weight excluding hydrogens is 406 g/mol. The van der Waals surface area contributed by atoms with Crippen LogP contribution in [0.4, 0.5) is 0 Å². The van der Waals surface area contributed by atoms with E-state index in [9.17, 15) is 4.79 Å². The second kappa shape index (κ2) is 8.96. The number of hydrogen-bond acceptors (Lipinski definition) is 2. The molecular formula is C29H37N3O. The van der Waals surface area contributed by atoms with Gasteiger partial charge in [-0.05, 0) is 86.3 Å². The number of likely N-dealkylation sites (tertiary alicyclic amines) is 1. The van der Waals surface area contributed by atoms with Crippen LogP contribution in [0.3, 0.4) is 0 Å². The fourth-order valence-corrected chi connectivity index (χ4v) is 5.57. The van der Waals surface area contributed by atoms with Crippen LogP contribution in [0.25, 0.3) is 22.2 Å². The molecule has 0 unspecified atom stereocenters. The van der Waals surface area contributed by atoms with Gasteiger partial charge in [-0.15, -0.1) is 0 Å². The van der Waals surface area contributed by atoms with Crippen molar-refractivity contribution in [3.8, 4) is 11.3 Å². The number of benzene rings is 1. The molecule has 1 saturated carbocycles. The summed E-state index contributed by atoms with van der Waals surface area (Å²) in [7, 11) is 0. The van der Waals surface area contributed by atoms with Gasteiger partial charge in [0.1, 0.15) is 0 Å². The summed E-state index contributed by atoms with van der Waals surface area (Å²) >= 11 is 0. The van der Waals surface area contributed by atoms with Crippen molar-refractivity contribution in [2.24, 2.45) is 0 Å². The molecule has 4 heteroatoms. The Balaban J connectivity index is 1.47. The number of amides is 1. The van der Waals surface area contributed by atoms with Gasteiger partial charge < -0.3 is 9.88 Å². The van der Waals surface area contributed by atoms with Crippen LogP contribution in [0.2, 0.25) is 0 Å². The number of rotatable bonds is 6. The standard InChI is InChI=1S/C29H37N3O/c1-5-6-27(33)32-13-11-20(12-14-32)22-9-10-25-24(16-22)28(18(2)3)29(31-25)23-15-19(4)30-26(17-23)21-7-8-21/h9-10,15-18,20-21,31H,5-8,11-14H2,1-4H3. The Hall–Kier alpha value is -2.62. The molecule has 0 spiro atoms. The number of fused-ring (bicyclic) bond motifs is 1. The van der Waals surface area contributed by atoms with Crippen LogP contribution in [-0.4, -0.2) is 33.9 Å². The molecule has 1 saturated heterocycles. The number of aryl methyl sites for hydroxylation is 1. The first kappa shape index (κ1) is 22.2. The molecule has 1 N–H and O–H groups in total. The maximum Gasteiger partial charge on any atom is 0.222 e. The smallest absolute Gasteiger partial charge is 0.222 e. The Bertz CT molecular complexity index is 1160. The summed E-state index contributed by atoms with van der Waals surface area (Å²) < 4.78 is 0. The maximum atomic E-state index is 12.3. The Morgan fingerprint density at radius 2 is 1.85 bits per heavy atom. The molecule has 3 heterocycles. The van der Waals surface area contributed by atoms with Crippen LogP contribution in [0, 0.1) is 6.92 Å². The SMILES string of the molecule is CCCC(=O)N1CCC(c2ccc3[nH]c(-c4cc(C)nc(C5CC5)c4)c(C(C)C)c3c2)CC1. The number of nitrogens with zero attached hydrogens (tertiary/aromatic N) is 2. The number of piperidine rings is 1. The van der Waals surface area contributed by atoms with Crippen molar-refractivity contribution in [1.82, 2.24) is 14.9 Å². The van der Waals surface area contributed by atoms with E-state index in [0.29, 0.717) is 30.1 Å². The monoisotopic (exact) mass is 443 g/mol. The van der Waals surface area contributed by atoms with E-state index < -0.39 is 0 Å². The molecule has 1 aliphatic heterocycles. The van der Waals surface area contributed by atoms with Crippen LogP contribution in [-0.2, 0) is 4.79 Å². The van der Waals surface area contributed by atoms with E-state index in [1.54, 1.807) is 0 Å². The maximum absolute atomic E-state index is 12.3. The lowest BCUT2D eigenvalue weighted by Crippen LogP contribution is -2.37. The zero-order valence-electron chi connectivity index (χ0n) is 20.6. The fraction of sp³-hybridized carbons (Fsp3) is 0.517. The van der Waals surface area contributed by atoms with Gasteiger partial charge in [-0.2, -0.15) is 0 Å². The third-order valence-electron chi connectivity index (χ3n) is 7.48. The van der Waals surface area contributed by atoms with E-state index >= 15 is 0 Å². The summed E-state index contributed by atoms with van der Waals surface area (Å²) in [6.07, 6.45) is 6.27. The van der Waals surface area contributed by atoms with Crippen molar-refractivity contribution in [2.75, 3.05) is 13.1 Å². The lowest BCUT2D eigenvalue weighted by molar-refractivity contribution is -0.132. The van der Waals surface area contributed by atoms with E-state index in [0.717, 1.165) is 38.0 Å². The molecule has 2 aliphatic rings. The number of pyridine rings is 1. The van der Waals surface area contributed by atoms with E-state index in [2.05, 4.69) is 67.9 Å². The lowest BCUT2D eigenvalue weighted by atomic mass is 9.87. The second-order valence-corrected chi connectivity index (χ2v) is 10.5. The highest BCUT2D eigenvalue weighted by atomic mass is 16.2. The van der Waals surface area contributed by atoms with Crippen LogP contribution in [0.5, 0.6) is 0 Å². The summed E-state index contributed by atoms with van der Waals surface area (Å²) in [4.78, 5) is 22.9. The highest BCUT2D eigenvalue weighted by Gasteiger charge is 2.27. The summed E-state index contributed by atoms with van der Waals surface area (Å²) in [5.74, 6) is 1.93. The highest BCUT2D eigenvalue weighted by molar-refractivity contribution is 5.92. The third-order valence-corrected chi connectivity index (χ3v) is 7.48. The number of aromatic nitrogens is 2. The first-order valence-corrected chi connectivity index (χ1v) is 12.9. The Morgan fingerprint density at radius 3 is 2.52 bits per heavy atom. The van der Waals surface area contributed by atoms with Crippen molar-refractivity contribution >= 4 is 16.8 Å². The Labute approximate surface area is 197 Å². The minimum absolute atomic E-state index is 0.321. The molecule has 4 nitrogen and oxygen atoms in total. The van der Waals surface area contributed by atoms with E-state index in [-0.39, 0.29) is 0 Å². The van der Waals surface area contributed by atoms with E-state index in [1.165, 1.54) is 51.8 Å². The normalized spacial score (nSPS) is 17.3. The highest BCUT2D eigenvalue weighted by Crippen LogP contribution is 2.42. The summed E-state index contributed by atoms with van der Waals surface area (Å²) in [5, 5.41) is 1.35. The van der Waals surface area contributed by atoms with E-state index in [4.69, 9.17) is 4.98 Å². The molecule has 0 radical (unpaired) electrons. The number of hydrogen-bond donors (Lipinski definition) is 1. The Kier molecular flexibility index (Phi) is 6.03. The first-order valence-electron chi connectivity index (χ1n) is 12.9. The molecule has 0 atom stereocenters. The number of aromatic amines is 1. The molecule has 0 bridgehead atoms. The predicted octanol–water partition coefficient (Wildman–Crippen LogP) is 7.05. The summed E-state index contributed by atoms with van der Waals surface area (Å²) in [5.41, 5.74) is 8.93. The van der Waals surface area contributed by atoms with Gasteiger partial charge in [0.25, 0.3) is 0 Å². The molecule has 174 valence electrons. The molecule has 1 aliphatic carbocycles. The van der Waals surface area contributed by atoms with Crippen molar-refractivity contribution in [1.29, 1.82) is 0 Å². The topological polar surface area (TPSA) is 49.0 Å². The van der Waals surface area contributed by atoms with Gasteiger partial charge in [0.05, 0.1) is 5.69 Å². The average Bonchev–Trinajstić information content (AvgIpc) is 3.58. The fourth-order valence-electron chi connectivity index (χ4n) is 5.57. The van der Waals surface area contributed by atoms with Crippen molar-refractivity contribution in [3.05, 3.63) is 52.8 Å². The van der Waals surface area contributed by atoms with Gasteiger partial charge in [-0.25, -0.2) is 0 Å². The quantitative estimate of drug-likeness (QED) is 0.444. The van der Waals surface area contributed by atoms with Gasteiger partial charge in [-0.3, -0.25) is 9.78 Å². The molecule has 1 aromatic carbocycles. The summed E-state index contributed by atoms with van der Waals surface area (Å²) in [6, 6.07) is 11.5. The number of nitrogens with one attached hydrogen (secondary N) is 1. The number of H-pyrrole nitrogens is 1. The average molecular weight is 444 g/mol. The Morgan fingerprint density at radius 1 is 1.09 bits per heavy atom. The minimum Gasteiger partial charge on any atom is -0.354 e. The van der Waals surface area contributed by atoms with Crippen LogP contribution in [0.15, 0.2) is 30.3 Å². The largest absolute Gasteiger partial charge is 0.354 e. The lowest BCUT2D eigenvalue weighted by Gasteiger charge is -2.32. The second-order valence-electron chi connectivity index (χ2n) is 10.5. The minimum atomic E-state index is 0.321. The van der Waals surface area contributed by atoms with E-state index in [1.807, 2.05) is 0 Å².